The van der Waals surface area contributed by atoms with Crippen LogP contribution in [0.15, 0.2) is 0 Å². The molecule has 0 aromatic heterocycles. The Bertz CT molecular complexity index is 452. The average molecular weight is 283 g/mol. The number of rotatable bonds is 2. The summed E-state index contributed by atoms with van der Waals surface area (Å²) in [6, 6.07) is 0. The van der Waals surface area contributed by atoms with E-state index in [0.717, 1.165) is 0 Å². The summed E-state index contributed by atoms with van der Waals surface area (Å²) in [5, 5.41) is 4.94. The van der Waals surface area contributed by atoms with Gasteiger partial charge in [-0.1, -0.05) is 0 Å². The van der Waals surface area contributed by atoms with Gasteiger partial charge in [-0.2, -0.15) is 0 Å². The second kappa shape index (κ2) is 4.12. The van der Waals surface area contributed by atoms with E-state index in [1.165, 1.54) is 0 Å². The minimum atomic E-state index is -3.80. The number of esters is 1. The molecular formula is C10H15F2NO4S. The molecule has 1 spiro atoms. The van der Waals surface area contributed by atoms with E-state index < -0.39 is 39.2 Å². The first-order valence-electron chi connectivity index (χ1n) is 5.70. The molecule has 2 fully saturated rings. The summed E-state index contributed by atoms with van der Waals surface area (Å²) in [6.07, 6.45) is -1.40. The van der Waals surface area contributed by atoms with Gasteiger partial charge < -0.3 is 4.74 Å². The fraction of sp³-hybridized carbons (Fsp3) is 0.900. The molecular weight excluding hydrogens is 268 g/mol. The van der Waals surface area contributed by atoms with E-state index in [1.54, 1.807) is 0 Å². The fourth-order valence-corrected chi connectivity index (χ4v) is 3.60. The van der Waals surface area contributed by atoms with E-state index in [1.807, 2.05) is 0 Å². The molecule has 1 unspecified atom stereocenters. The number of nitrogens with two attached hydrogens (primary N) is 1. The Kier molecular flexibility index (Phi) is 3.13. The number of primary sulfonamides is 1. The maximum Gasteiger partial charge on any atom is 0.306 e. The Morgan fingerprint density at radius 3 is 2.33 bits per heavy atom. The zero-order chi connectivity index (χ0) is 13.6. The average Bonchev–Trinajstić information content (AvgIpc) is 2.46. The molecule has 0 radical (unpaired) electrons. The number of carbonyl (C=O) groups is 1. The summed E-state index contributed by atoms with van der Waals surface area (Å²) in [7, 11) is -3.80. The highest BCUT2D eigenvalue weighted by atomic mass is 32.2. The molecule has 1 heterocycles. The van der Waals surface area contributed by atoms with Crippen molar-refractivity contribution in [2.24, 2.45) is 10.6 Å². The monoisotopic (exact) mass is 283 g/mol. The van der Waals surface area contributed by atoms with Gasteiger partial charge in [-0.25, -0.2) is 22.3 Å². The molecule has 1 saturated heterocycles. The van der Waals surface area contributed by atoms with Crippen LogP contribution in [0.1, 0.15) is 32.1 Å². The van der Waals surface area contributed by atoms with Crippen LogP contribution in [0.3, 0.4) is 0 Å². The van der Waals surface area contributed by atoms with Crippen molar-refractivity contribution in [3.63, 3.8) is 0 Å². The van der Waals surface area contributed by atoms with E-state index in [-0.39, 0.29) is 32.1 Å². The maximum atomic E-state index is 13.1. The van der Waals surface area contributed by atoms with Crippen LogP contribution in [0.2, 0.25) is 0 Å². The predicted octanol–water partition coefficient (Wildman–Crippen LogP) is 0.786. The molecule has 0 bridgehead atoms. The molecule has 1 aliphatic carbocycles. The Morgan fingerprint density at radius 1 is 1.28 bits per heavy atom. The summed E-state index contributed by atoms with van der Waals surface area (Å²) in [5.74, 6) is -3.76. The number of hydrogen-bond acceptors (Lipinski definition) is 4. The number of alkyl halides is 2. The highest BCUT2D eigenvalue weighted by Gasteiger charge is 2.54. The molecule has 5 nitrogen and oxygen atoms in total. The second-order valence-corrected chi connectivity index (χ2v) is 6.86. The Labute approximate surface area is 104 Å². The Morgan fingerprint density at radius 2 is 1.83 bits per heavy atom. The van der Waals surface area contributed by atoms with Crippen molar-refractivity contribution < 1.29 is 26.7 Å². The first kappa shape index (κ1) is 13.7. The van der Waals surface area contributed by atoms with Gasteiger partial charge in [-0.3, -0.25) is 4.79 Å². The van der Waals surface area contributed by atoms with Gasteiger partial charge >= 0.3 is 5.97 Å². The summed E-state index contributed by atoms with van der Waals surface area (Å²) >= 11 is 0. The van der Waals surface area contributed by atoms with Gasteiger partial charge in [-0.05, 0) is 12.8 Å². The third-order valence-electron chi connectivity index (χ3n) is 3.81. The zero-order valence-electron chi connectivity index (χ0n) is 9.69. The third-order valence-corrected chi connectivity index (χ3v) is 4.58. The molecule has 2 N–H and O–H groups in total. The van der Waals surface area contributed by atoms with Crippen molar-refractivity contribution >= 4 is 16.0 Å². The molecule has 0 amide bonds. The molecule has 0 aromatic carbocycles. The second-order valence-electron chi connectivity index (χ2n) is 5.20. The van der Waals surface area contributed by atoms with Gasteiger partial charge in [0.2, 0.25) is 15.9 Å². The van der Waals surface area contributed by atoms with Gasteiger partial charge in [0.25, 0.3) is 0 Å². The number of ether oxygens (including phenoxy) is 1. The van der Waals surface area contributed by atoms with Crippen molar-refractivity contribution in [1.82, 2.24) is 0 Å². The number of halogens is 2. The number of carbonyl (C=O) groups excluding carboxylic acids is 1. The van der Waals surface area contributed by atoms with Crippen LogP contribution in [0.25, 0.3) is 0 Å². The number of cyclic esters (lactones) is 1. The van der Waals surface area contributed by atoms with Gasteiger partial charge in [0, 0.05) is 18.3 Å². The first-order valence-corrected chi connectivity index (χ1v) is 7.41. The SMILES string of the molecule is NS(=O)(=O)CC1OC(=O)CC12CCC(F)(F)CC2. The molecule has 2 rings (SSSR count). The van der Waals surface area contributed by atoms with Crippen molar-refractivity contribution in [3.8, 4) is 0 Å². The molecule has 0 aromatic rings. The maximum absolute atomic E-state index is 13.1. The number of sulfonamides is 1. The lowest BCUT2D eigenvalue weighted by Crippen LogP contribution is -2.43. The van der Waals surface area contributed by atoms with Crippen LogP contribution in [0, 0.1) is 5.41 Å². The summed E-state index contributed by atoms with van der Waals surface area (Å²) in [6.45, 7) is 0. The van der Waals surface area contributed by atoms with Crippen LogP contribution < -0.4 is 5.14 Å². The third kappa shape index (κ3) is 2.80. The van der Waals surface area contributed by atoms with E-state index >= 15 is 0 Å². The molecule has 1 aliphatic heterocycles. The first-order chi connectivity index (χ1) is 8.12. The van der Waals surface area contributed by atoms with Crippen LogP contribution in [-0.4, -0.2) is 32.2 Å². The van der Waals surface area contributed by atoms with Crippen molar-refractivity contribution in [1.29, 1.82) is 0 Å². The summed E-state index contributed by atoms with van der Waals surface area (Å²) in [4.78, 5) is 11.3. The molecule has 8 heteroatoms. The predicted molar refractivity (Wildman–Crippen MR) is 58.3 cm³/mol. The highest BCUT2D eigenvalue weighted by molar-refractivity contribution is 7.89. The van der Waals surface area contributed by atoms with Crippen molar-refractivity contribution in [2.45, 2.75) is 44.1 Å². The van der Waals surface area contributed by atoms with Gasteiger partial charge in [-0.15, -0.1) is 0 Å². The smallest absolute Gasteiger partial charge is 0.306 e. The lowest BCUT2D eigenvalue weighted by Gasteiger charge is -2.38. The van der Waals surface area contributed by atoms with Crippen LogP contribution in [0.4, 0.5) is 8.78 Å². The van der Waals surface area contributed by atoms with Crippen molar-refractivity contribution in [2.75, 3.05) is 5.75 Å². The van der Waals surface area contributed by atoms with Crippen LogP contribution in [0.5, 0.6) is 0 Å². The zero-order valence-corrected chi connectivity index (χ0v) is 10.5. The lowest BCUT2D eigenvalue weighted by molar-refractivity contribution is -0.141. The van der Waals surface area contributed by atoms with E-state index in [4.69, 9.17) is 9.88 Å². The largest absolute Gasteiger partial charge is 0.461 e. The van der Waals surface area contributed by atoms with Gasteiger partial charge in [0.05, 0.1) is 6.42 Å². The van der Waals surface area contributed by atoms with Crippen LogP contribution in [-0.2, 0) is 19.6 Å². The summed E-state index contributed by atoms with van der Waals surface area (Å²) in [5.41, 5.74) is -0.787. The van der Waals surface area contributed by atoms with E-state index in [0.29, 0.717) is 0 Å². The topological polar surface area (TPSA) is 86.5 Å². The Hall–Kier alpha value is -0.760. The van der Waals surface area contributed by atoms with Crippen LogP contribution >= 0.6 is 0 Å². The normalized spacial score (nSPS) is 30.4. The number of hydrogen-bond donors (Lipinski definition) is 1. The minimum absolute atomic E-state index is 0.00324. The quantitative estimate of drug-likeness (QED) is 0.759. The molecule has 2 aliphatic rings. The lowest BCUT2D eigenvalue weighted by atomic mass is 9.69. The molecule has 104 valence electrons. The van der Waals surface area contributed by atoms with Gasteiger partial charge in [0.1, 0.15) is 11.9 Å². The Balaban J connectivity index is 2.17. The molecule has 1 saturated carbocycles. The summed E-state index contributed by atoms with van der Waals surface area (Å²) < 4.78 is 53.4. The highest BCUT2D eigenvalue weighted by Crippen LogP contribution is 2.51. The molecule has 1 atom stereocenters. The van der Waals surface area contributed by atoms with Crippen molar-refractivity contribution in [3.05, 3.63) is 0 Å². The minimum Gasteiger partial charge on any atom is -0.461 e. The molecule has 18 heavy (non-hydrogen) atoms. The van der Waals surface area contributed by atoms with E-state index in [2.05, 4.69) is 0 Å². The fourth-order valence-electron chi connectivity index (χ4n) is 2.76. The van der Waals surface area contributed by atoms with E-state index in [9.17, 15) is 22.0 Å². The van der Waals surface area contributed by atoms with Gasteiger partial charge in [0.15, 0.2) is 0 Å². The standard InChI is InChI=1S/C10H15F2NO4S/c11-10(12)3-1-9(2-4-10)5-8(14)17-7(9)6-18(13,15)16/h7H,1-6H2,(H2,13,15,16).